The Labute approximate surface area is 184 Å². The largest absolute Gasteiger partial charge is 0.496 e. The first-order valence-corrected chi connectivity index (χ1v) is 11.1. The minimum absolute atomic E-state index is 0.260. The minimum Gasteiger partial charge on any atom is -0.496 e. The standard InChI is InChI=1S/C30H26O/c1-19-15-20(2)17-21(16-19)18-30-25-12-6-4-9-22(25)28(23-10-5-7-13-26(23)30)24-11-8-14-27(31-3)29(24)30/h4-17,28H,18H2,1-3H3. The van der Waals surface area contributed by atoms with Crippen LogP contribution in [-0.4, -0.2) is 7.11 Å². The van der Waals surface area contributed by atoms with Gasteiger partial charge in [-0.2, -0.15) is 0 Å². The smallest absolute Gasteiger partial charge is 0.123 e. The highest BCUT2D eigenvalue weighted by atomic mass is 16.5. The van der Waals surface area contributed by atoms with E-state index < -0.39 is 0 Å². The molecule has 7 rings (SSSR count). The second kappa shape index (κ2) is 6.59. The van der Waals surface area contributed by atoms with E-state index in [0.29, 0.717) is 0 Å². The van der Waals surface area contributed by atoms with Crippen LogP contribution in [0.3, 0.4) is 0 Å². The summed E-state index contributed by atoms with van der Waals surface area (Å²) >= 11 is 0. The Kier molecular flexibility index (Phi) is 3.92. The normalized spacial score (nSPS) is 20.0. The summed E-state index contributed by atoms with van der Waals surface area (Å²) in [6.07, 6.45) is 0.920. The van der Waals surface area contributed by atoms with E-state index in [4.69, 9.17) is 4.74 Å². The van der Waals surface area contributed by atoms with Crippen molar-refractivity contribution >= 4 is 0 Å². The van der Waals surface area contributed by atoms with Gasteiger partial charge in [0.2, 0.25) is 0 Å². The molecule has 4 aromatic carbocycles. The zero-order chi connectivity index (χ0) is 21.2. The van der Waals surface area contributed by atoms with Crippen LogP contribution in [0.1, 0.15) is 56.0 Å². The number of hydrogen-bond acceptors (Lipinski definition) is 1. The van der Waals surface area contributed by atoms with Crippen molar-refractivity contribution in [2.24, 2.45) is 0 Å². The monoisotopic (exact) mass is 402 g/mol. The molecule has 0 aromatic heterocycles. The molecule has 152 valence electrons. The van der Waals surface area contributed by atoms with E-state index in [1.54, 1.807) is 7.11 Å². The Balaban J connectivity index is 1.75. The molecule has 0 heterocycles. The SMILES string of the molecule is COc1cccc2c1C1(Cc3cc(C)cc(C)c3)c3ccccc3C2c2ccccc21. The molecule has 0 amide bonds. The van der Waals surface area contributed by atoms with Crippen LogP contribution in [0, 0.1) is 13.8 Å². The second-order valence-corrected chi connectivity index (χ2v) is 9.11. The Morgan fingerprint density at radius 1 is 0.710 bits per heavy atom. The fourth-order valence-corrected chi connectivity index (χ4v) is 6.36. The topological polar surface area (TPSA) is 9.23 Å². The van der Waals surface area contributed by atoms with Gasteiger partial charge in [-0.1, -0.05) is 90.0 Å². The molecule has 0 radical (unpaired) electrons. The maximum absolute atomic E-state index is 6.01. The molecule has 0 unspecified atom stereocenters. The molecule has 3 aliphatic carbocycles. The molecule has 0 atom stereocenters. The van der Waals surface area contributed by atoms with Crippen LogP contribution >= 0.6 is 0 Å². The van der Waals surface area contributed by atoms with E-state index in [9.17, 15) is 0 Å². The van der Waals surface area contributed by atoms with Crippen LogP contribution < -0.4 is 4.74 Å². The number of rotatable bonds is 3. The molecule has 0 aliphatic heterocycles. The van der Waals surface area contributed by atoms with E-state index in [0.717, 1.165) is 12.2 Å². The lowest BCUT2D eigenvalue weighted by atomic mass is 9.51. The Morgan fingerprint density at radius 2 is 1.29 bits per heavy atom. The first-order valence-electron chi connectivity index (χ1n) is 11.1. The van der Waals surface area contributed by atoms with E-state index in [1.165, 1.54) is 50.1 Å². The van der Waals surface area contributed by atoms with E-state index >= 15 is 0 Å². The van der Waals surface area contributed by atoms with Crippen molar-refractivity contribution in [3.63, 3.8) is 0 Å². The van der Waals surface area contributed by atoms with Crippen LogP contribution in [0.25, 0.3) is 0 Å². The molecular weight excluding hydrogens is 376 g/mol. The number of methoxy groups -OCH3 is 1. The molecule has 0 spiro atoms. The molecule has 1 nitrogen and oxygen atoms in total. The molecule has 2 bridgehead atoms. The average Bonchev–Trinajstić information content (AvgIpc) is 2.78. The quantitative estimate of drug-likeness (QED) is 0.371. The predicted molar refractivity (Wildman–Crippen MR) is 126 cm³/mol. The third-order valence-electron chi connectivity index (χ3n) is 7.23. The molecule has 4 aromatic rings. The predicted octanol–water partition coefficient (Wildman–Crippen LogP) is 6.70. The van der Waals surface area contributed by atoms with Crippen LogP contribution in [-0.2, 0) is 11.8 Å². The van der Waals surface area contributed by atoms with Crippen molar-refractivity contribution < 1.29 is 4.74 Å². The summed E-state index contributed by atoms with van der Waals surface area (Å²) in [5.74, 6) is 1.26. The van der Waals surface area contributed by atoms with Crippen LogP contribution in [0.2, 0.25) is 0 Å². The zero-order valence-corrected chi connectivity index (χ0v) is 18.3. The maximum atomic E-state index is 6.01. The third kappa shape index (κ3) is 2.44. The summed E-state index contributed by atoms with van der Waals surface area (Å²) in [6, 6.07) is 31.7. The average molecular weight is 403 g/mol. The Bertz CT molecular complexity index is 1260. The lowest BCUT2D eigenvalue weighted by Gasteiger charge is -2.51. The van der Waals surface area contributed by atoms with Crippen molar-refractivity contribution in [1.29, 1.82) is 0 Å². The van der Waals surface area contributed by atoms with E-state index in [1.807, 2.05) is 0 Å². The number of hydrogen-bond donors (Lipinski definition) is 0. The van der Waals surface area contributed by atoms with Gasteiger partial charge in [0, 0.05) is 11.5 Å². The summed E-state index contributed by atoms with van der Waals surface area (Å²) < 4.78 is 6.01. The number of ether oxygens (including phenoxy) is 1. The highest BCUT2D eigenvalue weighted by Gasteiger charge is 2.52. The Morgan fingerprint density at radius 3 is 1.90 bits per heavy atom. The molecule has 0 N–H and O–H groups in total. The summed E-state index contributed by atoms with van der Waals surface area (Å²) in [6.45, 7) is 4.39. The van der Waals surface area contributed by atoms with Gasteiger partial charge in [0.05, 0.1) is 12.5 Å². The Hall–Kier alpha value is -3.32. The van der Waals surface area contributed by atoms with Gasteiger partial charge < -0.3 is 4.74 Å². The maximum Gasteiger partial charge on any atom is 0.123 e. The minimum atomic E-state index is -0.260. The molecule has 31 heavy (non-hydrogen) atoms. The highest BCUT2D eigenvalue weighted by molar-refractivity contribution is 5.74. The van der Waals surface area contributed by atoms with Crippen molar-refractivity contribution in [2.75, 3.05) is 7.11 Å². The van der Waals surface area contributed by atoms with Gasteiger partial charge in [-0.15, -0.1) is 0 Å². The fraction of sp³-hybridized carbons (Fsp3) is 0.200. The molecule has 0 fully saturated rings. The number of benzene rings is 4. The number of aryl methyl sites for hydroxylation is 2. The van der Waals surface area contributed by atoms with Crippen LogP contribution in [0.4, 0.5) is 0 Å². The van der Waals surface area contributed by atoms with E-state index in [-0.39, 0.29) is 11.3 Å². The molecule has 0 saturated heterocycles. The lowest BCUT2D eigenvalue weighted by molar-refractivity contribution is 0.393. The molecule has 1 heteroatoms. The van der Waals surface area contributed by atoms with Gasteiger partial charge in [-0.25, -0.2) is 0 Å². The first kappa shape index (κ1) is 18.4. The highest BCUT2D eigenvalue weighted by Crippen LogP contribution is 2.62. The van der Waals surface area contributed by atoms with Gasteiger partial charge in [-0.3, -0.25) is 0 Å². The van der Waals surface area contributed by atoms with Crippen molar-refractivity contribution in [1.82, 2.24) is 0 Å². The van der Waals surface area contributed by atoms with Crippen molar-refractivity contribution in [3.05, 3.63) is 135 Å². The van der Waals surface area contributed by atoms with E-state index in [2.05, 4.69) is 98.8 Å². The van der Waals surface area contributed by atoms with Crippen molar-refractivity contribution in [2.45, 2.75) is 31.6 Å². The van der Waals surface area contributed by atoms with Crippen molar-refractivity contribution in [3.8, 4) is 5.75 Å². The first-order chi connectivity index (χ1) is 15.1. The summed E-state index contributed by atoms with van der Waals surface area (Å²) in [7, 11) is 1.81. The fourth-order valence-electron chi connectivity index (χ4n) is 6.36. The molecular formula is C30H26O. The summed E-state index contributed by atoms with van der Waals surface area (Å²) in [5.41, 5.74) is 12.2. The second-order valence-electron chi connectivity index (χ2n) is 9.11. The van der Waals surface area contributed by atoms with Gasteiger partial charge >= 0.3 is 0 Å². The molecule has 3 aliphatic rings. The van der Waals surface area contributed by atoms with Crippen LogP contribution in [0.5, 0.6) is 5.75 Å². The molecule has 0 saturated carbocycles. The lowest BCUT2D eigenvalue weighted by Crippen LogP contribution is -2.44. The summed E-state index contributed by atoms with van der Waals surface area (Å²) in [5, 5.41) is 0. The zero-order valence-electron chi connectivity index (χ0n) is 18.3. The van der Waals surface area contributed by atoms with Gasteiger partial charge in [-0.05, 0) is 59.7 Å². The van der Waals surface area contributed by atoms with Crippen LogP contribution in [0.15, 0.2) is 84.9 Å². The van der Waals surface area contributed by atoms with Gasteiger partial charge in [0.1, 0.15) is 5.75 Å². The van der Waals surface area contributed by atoms with Gasteiger partial charge in [0.15, 0.2) is 0 Å². The summed E-state index contributed by atoms with van der Waals surface area (Å²) in [4.78, 5) is 0. The third-order valence-corrected chi connectivity index (χ3v) is 7.23. The van der Waals surface area contributed by atoms with Gasteiger partial charge in [0.25, 0.3) is 0 Å².